The van der Waals surface area contributed by atoms with Crippen molar-refractivity contribution in [1.29, 1.82) is 0 Å². The maximum absolute atomic E-state index is 10.3. The van der Waals surface area contributed by atoms with E-state index >= 15 is 0 Å². The Hall–Kier alpha value is -0.300. The Bertz CT molecular complexity index is 229. The van der Waals surface area contributed by atoms with E-state index in [1.165, 1.54) is 19.3 Å². The lowest BCUT2D eigenvalue weighted by Crippen LogP contribution is -2.51. The first-order valence-electron chi connectivity index (χ1n) is 5.09. The van der Waals surface area contributed by atoms with Crippen LogP contribution in [0.25, 0.3) is 0 Å². The van der Waals surface area contributed by atoms with E-state index < -0.39 is 5.60 Å². The number of aliphatic hydroxyl groups is 1. The smallest absolute Gasteiger partial charge is 0.0862 e. The molecule has 0 radical (unpaired) electrons. The van der Waals surface area contributed by atoms with Gasteiger partial charge in [-0.05, 0) is 55.4 Å². The number of hydrogen-bond donors (Lipinski definition) is 1. The lowest BCUT2D eigenvalue weighted by molar-refractivity contribution is -0.0757. The summed E-state index contributed by atoms with van der Waals surface area (Å²) in [5.41, 5.74) is 0.726. The Morgan fingerprint density at radius 1 is 1.17 bits per heavy atom. The summed E-state index contributed by atoms with van der Waals surface area (Å²) < 4.78 is 0. The number of rotatable bonds is 0. The Balaban J connectivity index is 2.02. The van der Waals surface area contributed by atoms with Crippen molar-refractivity contribution >= 4 is 0 Å². The van der Waals surface area contributed by atoms with Crippen molar-refractivity contribution in [3.63, 3.8) is 0 Å². The van der Waals surface area contributed by atoms with Crippen molar-refractivity contribution in [2.45, 2.75) is 37.7 Å². The molecule has 4 bridgehead atoms. The summed E-state index contributed by atoms with van der Waals surface area (Å²) >= 11 is 0. The average molecular weight is 164 g/mol. The van der Waals surface area contributed by atoms with Crippen LogP contribution in [0.2, 0.25) is 0 Å². The molecular formula is C11H16O. The lowest BCUT2D eigenvalue weighted by Gasteiger charge is -2.55. The van der Waals surface area contributed by atoms with Crippen LogP contribution in [0.15, 0.2) is 12.2 Å². The molecule has 0 aromatic rings. The third-order valence-electron chi connectivity index (χ3n) is 4.25. The summed E-state index contributed by atoms with van der Waals surface area (Å²) in [6, 6.07) is 0. The maximum atomic E-state index is 10.3. The number of hydrogen-bond acceptors (Lipinski definition) is 1. The van der Waals surface area contributed by atoms with Crippen molar-refractivity contribution in [1.82, 2.24) is 0 Å². The van der Waals surface area contributed by atoms with Gasteiger partial charge >= 0.3 is 0 Å². The van der Waals surface area contributed by atoms with Gasteiger partial charge in [-0.1, -0.05) is 6.58 Å². The second kappa shape index (κ2) is 1.95. The highest BCUT2D eigenvalue weighted by molar-refractivity contribution is 5.25. The zero-order valence-corrected chi connectivity index (χ0v) is 7.42. The van der Waals surface area contributed by atoms with Crippen LogP contribution in [-0.4, -0.2) is 10.7 Å². The fraction of sp³-hybridized carbons (Fsp3) is 0.818. The summed E-state index contributed by atoms with van der Waals surface area (Å²) in [6.45, 7) is 4.08. The molecule has 66 valence electrons. The van der Waals surface area contributed by atoms with Crippen LogP contribution < -0.4 is 0 Å². The second-order valence-corrected chi connectivity index (χ2v) is 5.10. The average Bonchev–Trinajstić information content (AvgIpc) is 1.98. The molecule has 4 aliphatic carbocycles. The van der Waals surface area contributed by atoms with Gasteiger partial charge in [0.1, 0.15) is 0 Å². The molecule has 1 nitrogen and oxygen atoms in total. The monoisotopic (exact) mass is 164 g/mol. The van der Waals surface area contributed by atoms with Gasteiger partial charge in [0.15, 0.2) is 0 Å². The van der Waals surface area contributed by atoms with E-state index in [0.29, 0.717) is 5.92 Å². The van der Waals surface area contributed by atoms with Gasteiger partial charge in [-0.15, -0.1) is 0 Å². The summed E-state index contributed by atoms with van der Waals surface area (Å²) in [5, 5.41) is 10.3. The van der Waals surface area contributed by atoms with Crippen molar-refractivity contribution in [2.75, 3.05) is 0 Å². The molecule has 0 aromatic heterocycles. The maximum Gasteiger partial charge on any atom is 0.0862 e. The first-order chi connectivity index (χ1) is 5.67. The Morgan fingerprint density at radius 2 is 1.75 bits per heavy atom. The van der Waals surface area contributed by atoms with Crippen LogP contribution in [0.4, 0.5) is 0 Å². The fourth-order valence-electron chi connectivity index (χ4n) is 3.86. The van der Waals surface area contributed by atoms with Gasteiger partial charge < -0.3 is 5.11 Å². The molecule has 0 amide bonds. The minimum Gasteiger partial charge on any atom is -0.385 e. The molecule has 1 N–H and O–H groups in total. The lowest BCUT2D eigenvalue weighted by atomic mass is 9.52. The Labute approximate surface area is 73.5 Å². The summed E-state index contributed by atoms with van der Waals surface area (Å²) in [5.74, 6) is 2.30. The van der Waals surface area contributed by atoms with Gasteiger partial charge in [0.05, 0.1) is 5.60 Å². The summed E-state index contributed by atoms with van der Waals surface area (Å²) in [6.07, 6.45) is 6.04. The van der Waals surface area contributed by atoms with Crippen LogP contribution in [0.5, 0.6) is 0 Å². The molecule has 4 aliphatic rings. The fourth-order valence-corrected chi connectivity index (χ4v) is 3.86. The van der Waals surface area contributed by atoms with Crippen LogP contribution >= 0.6 is 0 Å². The quantitative estimate of drug-likeness (QED) is 0.544. The summed E-state index contributed by atoms with van der Waals surface area (Å²) in [7, 11) is 0. The standard InChI is InChI=1S/C11H16O/c1-7-10-3-8-2-9(4-10)6-11(7,12)5-8/h8-10,12H,1-6H2. The third-order valence-corrected chi connectivity index (χ3v) is 4.25. The minimum atomic E-state index is -0.436. The second-order valence-electron chi connectivity index (χ2n) is 5.10. The van der Waals surface area contributed by atoms with Crippen molar-refractivity contribution in [2.24, 2.45) is 17.8 Å². The highest BCUT2D eigenvalue weighted by Gasteiger charge is 2.52. The molecule has 0 saturated heterocycles. The van der Waals surface area contributed by atoms with Gasteiger partial charge in [0, 0.05) is 0 Å². The van der Waals surface area contributed by atoms with E-state index in [-0.39, 0.29) is 0 Å². The highest BCUT2D eigenvalue weighted by atomic mass is 16.3. The molecule has 1 heteroatoms. The van der Waals surface area contributed by atoms with E-state index in [2.05, 4.69) is 6.58 Å². The van der Waals surface area contributed by atoms with Crippen LogP contribution in [0, 0.1) is 17.8 Å². The molecule has 2 atom stereocenters. The van der Waals surface area contributed by atoms with Crippen molar-refractivity contribution < 1.29 is 5.11 Å². The molecule has 2 unspecified atom stereocenters. The van der Waals surface area contributed by atoms with E-state index in [1.807, 2.05) is 0 Å². The normalized spacial score (nSPS) is 56.4. The van der Waals surface area contributed by atoms with Crippen LogP contribution in [0.3, 0.4) is 0 Å². The van der Waals surface area contributed by atoms with Gasteiger partial charge in [0.2, 0.25) is 0 Å². The third kappa shape index (κ3) is 0.731. The van der Waals surface area contributed by atoms with E-state index in [9.17, 15) is 5.11 Å². The first kappa shape index (κ1) is 7.14. The van der Waals surface area contributed by atoms with Crippen molar-refractivity contribution in [3.8, 4) is 0 Å². The minimum absolute atomic E-state index is 0.436. The van der Waals surface area contributed by atoms with Crippen LogP contribution in [0.1, 0.15) is 32.1 Å². The molecule has 0 aliphatic heterocycles. The van der Waals surface area contributed by atoms with Gasteiger partial charge in [-0.3, -0.25) is 0 Å². The molecule has 4 fully saturated rings. The van der Waals surface area contributed by atoms with E-state index in [1.54, 1.807) is 0 Å². The molecule has 4 rings (SSSR count). The van der Waals surface area contributed by atoms with Gasteiger partial charge in [0.25, 0.3) is 0 Å². The zero-order chi connectivity index (χ0) is 8.34. The topological polar surface area (TPSA) is 20.2 Å². The SMILES string of the molecule is C=C1C2CC3CC(C2)CC1(O)C3. The Morgan fingerprint density at radius 3 is 2.25 bits per heavy atom. The largest absolute Gasteiger partial charge is 0.385 e. The van der Waals surface area contributed by atoms with E-state index in [4.69, 9.17) is 0 Å². The molecule has 12 heavy (non-hydrogen) atoms. The highest BCUT2D eigenvalue weighted by Crippen LogP contribution is 2.57. The summed E-state index contributed by atoms with van der Waals surface area (Å²) in [4.78, 5) is 0. The molecule has 0 spiro atoms. The molecule has 0 aromatic carbocycles. The van der Waals surface area contributed by atoms with Gasteiger partial charge in [-0.2, -0.15) is 0 Å². The first-order valence-corrected chi connectivity index (χ1v) is 5.09. The molecular weight excluding hydrogens is 148 g/mol. The van der Waals surface area contributed by atoms with Gasteiger partial charge in [-0.25, -0.2) is 0 Å². The molecule has 4 saturated carbocycles. The predicted molar refractivity (Wildman–Crippen MR) is 47.6 cm³/mol. The Kier molecular flexibility index (Phi) is 1.16. The van der Waals surface area contributed by atoms with Crippen LogP contribution in [-0.2, 0) is 0 Å². The van der Waals surface area contributed by atoms with Crippen molar-refractivity contribution in [3.05, 3.63) is 12.2 Å². The predicted octanol–water partition coefficient (Wildman–Crippen LogP) is 2.11. The molecule has 0 heterocycles. The zero-order valence-electron chi connectivity index (χ0n) is 7.42. The van der Waals surface area contributed by atoms with E-state index in [0.717, 1.165) is 30.3 Å².